The highest BCUT2D eigenvalue weighted by Gasteiger charge is 2.03. The normalized spacial score (nSPS) is 10.3. The van der Waals surface area contributed by atoms with Gasteiger partial charge in [-0.2, -0.15) is 0 Å². The summed E-state index contributed by atoms with van der Waals surface area (Å²) in [5, 5.41) is 0. The Morgan fingerprint density at radius 2 is 2.20 bits per heavy atom. The summed E-state index contributed by atoms with van der Waals surface area (Å²) in [5.41, 5.74) is 2.49. The van der Waals surface area contributed by atoms with E-state index in [1.807, 2.05) is 31.2 Å². The van der Waals surface area contributed by atoms with Gasteiger partial charge in [-0.15, -0.1) is 0 Å². The number of nitrogens with zero attached hydrogens (tertiary/aromatic N) is 1. The molecule has 0 spiro atoms. The number of benzene rings is 1. The van der Waals surface area contributed by atoms with Crippen molar-refractivity contribution in [3.8, 4) is 11.1 Å². The first-order chi connectivity index (χ1) is 7.16. The molecule has 0 amide bonds. The van der Waals surface area contributed by atoms with E-state index in [4.69, 9.17) is 0 Å². The highest BCUT2D eigenvalue weighted by molar-refractivity contribution is 9.10. The standard InChI is InChI=1S/C11H9BrN2O/c1-7-10(6-13-11(15)14-7)8-3-2-4-9(12)5-8/h2-6H,1H3,(H,13,14,15). The van der Waals surface area contributed by atoms with Crippen LogP contribution in [0, 0.1) is 6.92 Å². The minimum absolute atomic E-state index is 0.314. The Balaban J connectivity index is 2.59. The van der Waals surface area contributed by atoms with Crippen molar-refractivity contribution in [1.29, 1.82) is 0 Å². The third-order valence-corrected chi connectivity index (χ3v) is 2.64. The molecule has 0 aliphatic rings. The lowest BCUT2D eigenvalue weighted by atomic mass is 10.1. The topological polar surface area (TPSA) is 45.8 Å². The Hall–Kier alpha value is -1.42. The van der Waals surface area contributed by atoms with Crippen LogP contribution in [0.3, 0.4) is 0 Å². The van der Waals surface area contributed by atoms with Crippen molar-refractivity contribution in [2.24, 2.45) is 0 Å². The van der Waals surface area contributed by atoms with Crippen molar-refractivity contribution in [1.82, 2.24) is 9.97 Å². The number of aromatic amines is 1. The number of aryl methyl sites for hydroxylation is 1. The van der Waals surface area contributed by atoms with Gasteiger partial charge in [-0.05, 0) is 24.6 Å². The van der Waals surface area contributed by atoms with Gasteiger partial charge in [0.15, 0.2) is 0 Å². The van der Waals surface area contributed by atoms with Gasteiger partial charge >= 0.3 is 5.69 Å². The molecule has 1 aromatic heterocycles. The summed E-state index contributed by atoms with van der Waals surface area (Å²) in [6, 6.07) is 7.87. The molecule has 2 rings (SSSR count). The molecule has 76 valence electrons. The molecule has 1 heterocycles. The van der Waals surface area contributed by atoms with Gasteiger partial charge in [0.05, 0.1) is 0 Å². The van der Waals surface area contributed by atoms with Gasteiger partial charge in [-0.3, -0.25) is 0 Å². The maximum atomic E-state index is 11.0. The largest absolute Gasteiger partial charge is 0.345 e. The van der Waals surface area contributed by atoms with Gasteiger partial charge in [-0.1, -0.05) is 28.1 Å². The van der Waals surface area contributed by atoms with Crippen LogP contribution >= 0.6 is 15.9 Å². The van der Waals surface area contributed by atoms with Crippen LogP contribution in [0.5, 0.6) is 0 Å². The molecule has 15 heavy (non-hydrogen) atoms. The molecule has 0 fully saturated rings. The van der Waals surface area contributed by atoms with Crippen molar-refractivity contribution in [3.63, 3.8) is 0 Å². The van der Waals surface area contributed by atoms with Crippen LogP contribution in [0.1, 0.15) is 5.69 Å². The molecule has 0 radical (unpaired) electrons. The fourth-order valence-corrected chi connectivity index (χ4v) is 1.83. The SMILES string of the molecule is Cc1[nH]c(=O)ncc1-c1cccc(Br)c1. The number of hydrogen-bond donors (Lipinski definition) is 1. The van der Waals surface area contributed by atoms with E-state index in [2.05, 4.69) is 25.9 Å². The highest BCUT2D eigenvalue weighted by atomic mass is 79.9. The Labute approximate surface area is 95.3 Å². The molecule has 0 bridgehead atoms. The smallest absolute Gasteiger partial charge is 0.309 e. The van der Waals surface area contributed by atoms with Crippen molar-refractivity contribution >= 4 is 15.9 Å². The van der Waals surface area contributed by atoms with E-state index < -0.39 is 0 Å². The third-order valence-electron chi connectivity index (χ3n) is 2.14. The minimum Gasteiger partial charge on any atom is -0.309 e. The van der Waals surface area contributed by atoms with Gasteiger partial charge in [0, 0.05) is 21.9 Å². The molecule has 0 atom stereocenters. The second kappa shape index (κ2) is 3.98. The second-order valence-corrected chi connectivity index (χ2v) is 4.15. The number of halogens is 1. The Morgan fingerprint density at radius 1 is 1.40 bits per heavy atom. The molecular weight excluding hydrogens is 256 g/mol. The summed E-state index contributed by atoms with van der Waals surface area (Å²) in [7, 11) is 0. The number of aromatic nitrogens is 2. The van der Waals surface area contributed by atoms with Gasteiger partial charge in [0.2, 0.25) is 0 Å². The van der Waals surface area contributed by atoms with Crippen molar-refractivity contribution in [3.05, 3.63) is 51.1 Å². The van der Waals surface area contributed by atoms with Crippen LogP contribution in [-0.2, 0) is 0 Å². The van der Waals surface area contributed by atoms with E-state index in [0.717, 1.165) is 21.3 Å². The van der Waals surface area contributed by atoms with Crippen molar-refractivity contribution < 1.29 is 0 Å². The predicted octanol–water partition coefficient (Wildman–Crippen LogP) is 2.51. The Morgan fingerprint density at radius 3 is 2.87 bits per heavy atom. The number of hydrogen-bond acceptors (Lipinski definition) is 2. The maximum Gasteiger partial charge on any atom is 0.345 e. The summed E-state index contributed by atoms with van der Waals surface area (Å²) in [5.74, 6) is 0. The van der Waals surface area contributed by atoms with E-state index in [1.54, 1.807) is 6.20 Å². The summed E-state index contributed by atoms with van der Waals surface area (Å²) in [6.07, 6.45) is 1.59. The summed E-state index contributed by atoms with van der Waals surface area (Å²) < 4.78 is 1.01. The zero-order chi connectivity index (χ0) is 10.8. The minimum atomic E-state index is -0.314. The summed E-state index contributed by atoms with van der Waals surface area (Å²) in [6.45, 7) is 1.86. The average molecular weight is 265 g/mol. The number of nitrogens with one attached hydrogen (secondary N) is 1. The predicted molar refractivity (Wildman–Crippen MR) is 62.7 cm³/mol. The second-order valence-electron chi connectivity index (χ2n) is 3.24. The van der Waals surface area contributed by atoms with Crippen LogP contribution in [0.2, 0.25) is 0 Å². The van der Waals surface area contributed by atoms with Crippen molar-refractivity contribution in [2.75, 3.05) is 0 Å². The molecule has 4 heteroatoms. The first-order valence-electron chi connectivity index (χ1n) is 4.48. The van der Waals surface area contributed by atoms with Crippen LogP contribution in [0.25, 0.3) is 11.1 Å². The van der Waals surface area contributed by atoms with Crippen LogP contribution < -0.4 is 5.69 Å². The summed E-state index contributed by atoms with van der Waals surface area (Å²) in [4.78, 5) is 17.4. The van der Waals surface area contributed by atoms with Gasteiger partial charge in [0.1, 0.15) is 0 Å². The van der Waals surface area contributed by atoms with Crippen LogP contribution in [0.4, 0.5) is 0 Å². The molecule has 1 N–H and O–H groups in total. The third kappa shape index (κ3) is 2.15. The number of H-pyrrole nitrogens is 1. The molecule has 0 saturated carbocycles. The van der Waals surface area contributed by atoms with Crippen LogP contribution in [-0.4, -0.2) is 9.97 Å². The molecule has 3 nitrogen and oxygen atoms in total. The van der Waals surface area contributed by atoms with E-state index in [-0.39, 0.29) is 5.69 Å². The van der Waals surface area contributed by atoms with Gasteiger partial charge in [0.25, 0.3) is 0 Å². The van der Waals surface area contributed by atoms with E-state index in [1.165, 1.54) is 0 Å². The first kappa shape index (κ1) is 10.1. The maximum absolute atomic E-state index is 11.0. The van der Waals surface area contributed by atoms with Gasteiger partial charge in [-0.25, -0.2) is 9.78 Å². The number of rotatable bonds is 1. The fraction of sp³-hybridized carbons (Fsp3) is 0.0909. The summed E-state index contributed by atoms with van der Waals surface area (Å²) >= 11 is 3.41. The van der Waals surface area contributed by atoms with E-state index in [0.29, 0.717) is 0 Å². The zero-order valence-electron chi connectivity index (χ0n) is 8.12. The Bertz CT molecular complexity index is 548. The quantitative estimate of drug-likeness (QED) is 0.861. The molecule has 0 unspecified atom stereocenters. The highest BCUT2D eigenvalue weighted by Crippen LogP contribution is 2.23. The molecule has 1 aromatic carbocycles. The van der Waals surface area contributed by atoms with Crippen molar-refractivity contribution in [2.45, 2.75) is 6.92 Å². The first-order valence-corrected chi connectivity index (χ1v) is 5.28. The monoisotopic (exact) mass is 264 g/mol. The zero-order valence-corrected chi connectivity index (χ0v) is 9.71. The lowest BCUT2D eigenvalue weighted by Crippen LogP contribution is -2.11. The lowest BCUT2D eigenvalue weighted by molar-refractivity contribution is 1.03. The Kier molecular flexibility index (Phi) is 2.68. The van der Waals surface area contributed by atoms with Gasteiger partial charge < -0.3 is 4.98 Å². The molecule has 2 aromatic rings. The fourth-order valence-electron chi connectivity index (χ4n) is 1.43. The average Bonchev–Trinajstić information content (AvgIpc) is 2.17. The molecular formula is C11H9BrN2O. The molecule has 0 aliphatic heterocycles. The lowest BCUT2D eigenvalue weighted by Gasteiger charge is -2.04. The van der Waals surface area contributed by atoms with E-state index >= 15 is 0 Å². The van der Waals surface area contributed by atoms with E-state index in [9.17, 15) is 4.79 Å². The molecule has 0 aliphatic carbocycles. The molecule has 0 saturated heterocycles. The van der Waals surface area contributed by atoms with Crippen LogP contribution in [0.15, 0.2) is 39.7 Å².